The van der Waals surface area contributed by atoms with E-state index in [1.807, 2.05) is 23.1 Å². The maximum absolute atomic E-state index is 12.8. The van der Waals surface area contributed by atoms with Gasteiger partial charge in [0.2, 0.25) is 0 Å². The molecule has 6 nitrogen and oxygen atoms in total. The summed E-state index contributed by atoms with van der Waals surface area (Å²) in [5.41, 5.74) is 1.56. The van der Waals surface area contributed by atoms with E-state index in [1.165, 1.54) is 18.7 Å². The smallest absolute Gasteiger partial charge is 0.260 e. The van der Waals surface area contributed by atoms with Crippen molar-refractivity contribution < 1.29 is 19.1 Å². The molecule has 0 radical (unpaired) electrons. The molecule has 0 saturated carbocycles. The maximum Gasteiger partial charge on any atom is 0.260 e. The first-order valence-electron chi connectivity index (χ1n) is 10.00. The van der Waals surface area contributed by atoms with Gasteiger partial charge in [0, 0.05) is 24.6 Å². The third kappa shape index (κ3) is 4.31. The van der Waals surface area contributed by atoms with Crippen LogP contribution in [-0.4, -0.2) is 48.4 Å². The van der Waals surface area contributed by atoms with Crippen molar-refractivity contribution in [3.8, 4) is 11.5 Å². The fourth-order valence-corrected chi connectivity index (χ4v) is 4.80. The van der Waals surface area contributed by atoms with E-state index in [1.54, 1.807) is 29.5 Å². The van der Waals surface area contributed by atoms with Gasteiger partial charge in [-0.1, -0.05) is 12.1 Å². The Morgan fingerprint density at radius 2 is 2.03 bits per heavy atom. The molecule has 156 valence electrons. The van der Waals surface area contributed by atoms with E-state index in [0.717, 1.165) is 29.9 Å². The summed E-state index contributed by atoms with van der Waals surface area (Å²) in [7, 11) is 1.52. The molecule has 0 aliphatic carbocycles. The van der Waals surface area contributed by atoms with E-state index >= 15 is 0 Å². The summed E-state index contributed by atoms with van der Waals surface area (Å²) < 4.78 is 12.2. The number of ether oxygens (including phenoxy) is 2. The second-order valence-corrected chi connectivity index (χ2v) is 8.47. The number of thiazole rings is 1. The van der Waals surface area contributed by atoms with Gasteiger partial charge >= 0.3 is 0 Å². The molecule has 7 heteroatoms. The molecule has 30 heavy (non-hydrogen) atoms. The lowest BCUT2D eigenvalue weighted by Crippen LogP contribution is -2.41. The van der Waals surface area contributed by atoms with Crippen molar-refractivity contribution in [1.29, 1.82) is 0 Å². The molecule has 1 fully saturated rings. The summed E-state index contributed by atoms with van der Waals surface area (Å²) in [6, 6.07) is 13.1. The summed E-state index contributed by atoms with van der Waals surface area (Å²) in [6.07, 6.45) is 1.98. The van der Waals surface area contributed by atoms with Gasteiger partial charge in [-0.15, -0.1) is 11.3 Å². The number of benzene rings is 2. The molecule has 1 atom stereocenters. The Kier molecular flexibility index (Phi) is 5.99. The van der Waals surface area contributed by atoms with Gasteiger partial charge < -0.3 is 14.4 Å². The summed E-state index contributed by atoms with van der Waals surface area (Å²) in [6.45, 7) is 2.81. The van der Waals surface area contributed by atoms with Crippen LogP contribution in [0.3, 0.4) is 0 Å². The Morgan fingerprint density at radius 1 is 1.20 bits per heavy atom. The topological polar surface area (TPSA) is 68.7 Å². The number of ketones is 1. The first-order chi connectivity index (χ1) is 14.5. The summed E-state index contributed by atoms with van der Waals surface area (Å²) >= 11 is 1.71. The highest BCUT2D eigenvalue weighted by Gasteiger charge is 2.27. The predicted molar refractivity (Wildman–Crippen MR) is 117 cm³/mol. The minimum Gasteiger partial charge on any atom is -0.493 e. The number of methoxy groups -OCH3 is 1. The van der Waals surface area contributed by atoms with Gasteiger partial charge in [-0.25, -0.2) is 4.98 Å². The van der Waals surface area contributed by atoms with Crippen molar-refractivity contribution in [2.24, 2.45) is 0 Å². The van der Waals surface area contributed by atoms with E-state index < -0.39 is 0 Å². The molecule has 1 aromatic heterocycles. The number of hydrogen-bond acceptors (Lipinski definition) is 6. The number of piperidine rings is 1. The Hall–Kier alpha value is -2.93. The normalized spacial score (nSPS) is 16.5. The molecule has 0 bridgehead atoms. The zero-order valence-corrected chi connectivity index (χ0v) is 17.9. The monoisotopic (exact) mass is 424 g/mol. The van der Waals surface area contributed by atoms with Gasteiger partial charge in [-0.05, 0) is 50.1 Å². The zero-order chi connectivity index (χ0) is 21.1. The lowest BCUT2D eigenvalue weighted by Gasteiger charge is -2.31. The van der Waals surface area contributed by atoms with Gasteiger partial charge in [-0.2, -0.15) is 0 Å². The number of para-hydroxylation sites is 1. The fourth-order valence-electron chi connectivity index (χ4n) is 3.71. The Bertz CT molecular complexity index is 1050. The van der Waals surface area contributed by atoms with Crippen LogP contribution in [0.1, 0.15) is 41.0 Å². The fraction of sp³-hybridized carbons (Fsp3) is 0.348. The lowest BCUT2D eigenvalue weighted by molar-refractivity contribution is -0.134. The number of aromatic nitrogens is 1. The molecule has 3 aromatic rings. The molecule has 1 aliphatic rings. The largest absolute Gasteiger partial charge is 0.493 e. The van der Waals surface area contributed by atoms with Crippen molar-refractivity contribution in [2.75, 3.05) is 26.8 Å². The van der Waals surface area contributed by atoms with E-state index in [0.29, 0.717) is 23.6 Å². The van der Waals surface area contributed by atoms with Gasteiger partial charge in [0.15, 0.2) is 23.9 Å². The number of likely N-dealkylation sites (tertiary alicyclic amines) is 1. The number of Topliss-reactive ketones (excluding diaryl/α,β-unsaturated/α-hetero) is 1. The van der Waals surface area contributed by atoms with Crippen molar-refractivity contribution in [1.82, 2.24) is 9.88 Å². The number of rotatable bonds is 6. The third-order valence-corrected chi connectivity index (χ3v) is 6.55. The summed E-state index contributed by atoms with van der Waals surface area (Å²) in [4.78, 5) is 31.0. The highest BCUT2D eigenvalue weighted by molar-refractivity contribution is 7.18. The summed E-state index contributed by atoms with van der Waals surface area (Å²) in [5.74, 6) is 1.05. The summed E-state index contributed by atoms with van der Waals surface area (Å²) in [5, 5.41) is 1.09. The number of carbonyl (C=O) groups is 2. The molecule has 1 amide bonds. The van der Waals surface area contributed by atoms with E-state index in [4.69, 9.17) is 14.5 Å². The Morgan fingerprint density at radius 3 is 2.80 bits per heavy atom. The molecule has 0 N–H and O–H groups in total. The molecule has 1 saturated heterocycles. The van der Waals surface area contributed by atoms with Crippen LogP contribution < -0.4 is 9.47 Å². The molecule has 2 aromatic carbocycles. The van der Waals surface area contributed by atoms with Crippen LogP contribution in [-0.2, 0) is 4.79 Å². The Balaban J connectivity index is 1.40. The molecule has 0 spiro atoms. The molecule has 1 unspecified atom stereocenters. The maximum atomic E-state index is 12.8. The van der Waals surface area contributed by atoms with Gasteiger partial charge in [0.25, 0.3) is 5.91 Å². The van der Waals surface area contributed by atoms with Crippen LogP contribution in [0.2, 0.25) is 0 Å². The highest BCUT2D eigenvalue weighted by Crippen LogP contribution is 2.33. The van der Waals surface area contributed by atoms with Crippen LogP contribution >= 0.6 is 11.3 Å². The molecule has 4 rings (SSSR count). The minimum atomic E-state index is -0.0671. The van der Waals surface area contributed by atoms with Crippen LogP contribution in [0.4, 0.5) is 0 Å². The SMILES string of the molecule is COc1cc(C(C)=O)ccc1OCC(=O)N1CCCC(c2nc3ccccc3s2)C1. The van der Waals surface area contributed by atoms with E-state index in [9.17, 15) is 9.59 Å². The zero-order valence-electron chi connectivity index (χ0n) is 17.1. The Labute approximate surface area is 179 Å². The van der Waals surface area contributed by atoms with Crippen LogP contribution in [0.25, 0.3) is 10.2 Å². The third-order valence-electron chi connectivity index (χ3n) is 5.36. The first-order valence-corrected chi connectivity index (χ1v) is 10.8. The quantitative estimate of drug-likeness (QED) is 0.552. The number of amides is 1. The van der Waals surface area contributed by atoms with Crippen molar-refractivity contribution in [3.05, 3.63) is 53.0 Å². The second-order valence-electron chi connectivity index (χ2n) is 7.41. The van der Waals surface area contributed by atoms with Crippen LogP contribution in [0.5, 0.6) is 11.5 Å². The van der Waals surface area contributed by atoms with Crippen LogP contribution in [0, 0.1) is 0 Å². The predicted octanol–water partition coefficient (Wildman–Crippen LogP) is 4.29. The van der Waals surface area contributed by atoms with E-state index in [2.05, 4.69) is 6.07 Å². The average molecular weight is 425 g/mol. The van der Waals surface area contributed by atoms with Gasteiger partial charge in [0.1, 0.15) is 0 Å². The highest BCUT2D eigenvalue weighted by atomic mass is 32.1. The second kappa shape index (κ2) is 8.83. The standard InChI is InChI=1S/C23H24N2O4S/c1-15(26)16-9-10-19(20(12-16)28-2)29-14-22(27)25-11-5-6-17(13-25)23-24-18-7-3-4-8-21(18)30-23/h3-4,7-10,12,17H,5-6,11,13-14H2,1-2H3. The van der Waals surface area contributed by atoms with E-state index in [-0.39, 0.29) is 24.2 Å². The van der Waals surface area contributed by atoms with Crippen LogP contribution in [0.15, 0.2) is 42.5 Å². The van der Waals surface area contributed by atoms with Gasteiger partial charge in [-0.3, -0.25) is 9.59 Å². The van der Waals surface area contributed by atoms with Gasteiger partial charge in [0.05, 0.1) is 22.3 Å². The number of hydrogen-bond donors (Lipinski definition) is 0. The number of fused-ring (bicyclic) bond motifs is 1. The number of nitrogens with zero attached hydrogens (tertiary/aromatic N) is 2. The molecular formula is C23H24N2O4S. The minimum absolute atomic E-state index is 0.0508. The van der Waals surface area contributed by atoms with Crippen molar-refractivity contribution in [2.45, 2.75) is 25.7 Å². The molecule has 2 heterocycles. The van der Waals surface area contributed by atoms with Crippen molar-refractivity contribution >= 4 is 33.2 Å². The first kappa shape index (κ1) is 20.3. The average Bonchev–Trinajstić information content (AvgIpc) is 3.21. The molecule has 1 aliphatic heterocycles. The lowest BCUT2D eigenvalue weighted by atomic mass is 9.99. The van der Waals surface area contributed by atoms with Crippen molar-refractivity contribution in [3.63, 3.8) is 0 Å². The molecular weight excluding hydrogens is 400 g/mol. The number of carbonyl (C=O) groups excluding carboxylic acids is 2.